The molecule has 9 saturated carbocycles. The third kappa shape index (κ3) is 22.3. The summed E-state index contributed by atoms with van der Waals surface area (Å²) in [5, 5.41) is 80.3. The van der Waals surface area contributed by atoms with Gasteiger partial charge in [-0.15, -0.1) is 0 Å². The molecule has 556 valence electrons. The predicted molar refractivity (Wildman–Crippen MR) is 410 cm³/mol. The highest BCUT2D eigenvalue weighted by molar-refractivity contribution is 5.42. The molecule has 0 spiro atoms. The molecule has 0 amide bonds. The minimum Gasteiger partial charge on any atom is -0.396 e. The van der Waals surface area contributed by atoms with Gasteiger partial charge in [-0.05, 0) is 327 Å². The van der Waals surface area contributed by atoms with Crippen LogP contribution < -0.4 is 0 Å². The van der Waals surface area contributed by atoms with Gasteiger partial charge in [-0.2, -0.15) is 0 Å². The second-order valence-electron chi connectivity index (χ2n) is 36.9. The Balaban J connectivity index is 0.000000190. The van der Waals surface area contributed by atoms with Gasteiger partial charge in [0.05, 0.1) is 41.2 Å². The smallest absolute Gasteiger partial charge is 0.119 e. The Bertz CT molecular complexity index is 3030. The van der Waals surface area contributed by atoms with Gasteiger partial charge in [0.2, 0.25) is 0 Å². The Morgan fingerprint density at radius 2 is 1.04 bits per heavy atom. The molecule has 0 aliphatic heterocycles. The van der Waals surface area contributed by atoms with E-state index in [1.807, 2.05) is 41.5 Å². The summed E-state index contributed by atoms with van der Waals surface area (Å²) in [5.41, 5.74) is 12.4. The summed E-state index contributed by atoms with van der Waals surface area (Å²) in [7, 11) is 0. The minimum atomic E-state index is -0.954. The van der Waals surface area contributed by atoms with E-state index in [0.29, 0.717) is 77.6 Å². The van der Waals surface area contributed by atoms with Gasteiger partial charge in [0, 0.05) is 32.5 Å². The Labute approximate surface area is 603 Å². The Hall–Kier alpha value is -3.40. The maximum atomic E-state index is 10.6. The first-order valence-corrected chi connectivity index (χ1v) is 40.1. The highest BCUT2D eigenvalue weighted by Gasteiger charge is 2.57. The summed E-state index contributed by atoms with van der Waals surface area (Å²) in [4.78, 5) is 0. The zero-order chi connectivity index (χ0) is 72.4. The number of hydrogen-bond acceptors (Lipinski definition) is 9. The van der Waals surface area contributed by atoms with Gasteiger partial charge in [0.15, 0.2) is 0 Å². The molecule has 10 aliphatic rings. The standard InChI is InChI=1S/C32H50O3.C30H50O4.C28H42O2/c1-23-13-16-27(33)22-26(23)15-14-25-12-9-21-32(6)28(17-18-29(25)32)24(10-7-19-30(2,3)34)11-8-20-31(4,5)35;1-21(9-6-15-29(3,4)33)25-13-14-26-23(10-7-16-30(25,26)5)11-12-24-20-27(32)28(19-22(24)2)34-18-8-17-31;1-20-8-11-23(29)19-22(20)10-9-21-7-5-15-27(4)24(21)12-13-25(27)28(17-18-28)16-6-14-26(2,3)30/h14-15,24,27-29,33-35H,1,7,9-13,16-19,21-22H2,2-6H3;11-12,21,25-28,31-33H,2,6-10,13-20H2,1,3-5H3;9-10,13,23-24,29-30H,1,5-8,11-12,14-19H2,2-4H3/b25-14+,26-15-;23-11+,24-12-;21-9+,22-10-/t24-,27+,28?,29+,32-;21?,25?,26-,27+,28-,30+;23-,24-,27-/m100/s1. The molecule has 0 saturated heterocycles. The highest BCUT2D eigenvalue weighted by Crippen LogP contribution is 2.68. The van der Waals surface area contributed by atoms with Crippen LogP contribution in [-0.4, -0.2) is 101 Å². The second-order valence-corrected chi connectivity index (χ2v) is 36.9. The molecule has 0 aromatic heterocycles. The van der Waals surface area contributed by atoms with Crippen molar-refractivity contribution < 1.29 is 45.6 Å². The van der Waals surface area contributed by atoms with E-state index in [1.54, 1.807) is 36.1 Å². The molecule has 9 heteroatoms. The lowest BCUT2D eigenvalue weighted by atomic mass is 9.60. The maximum Gasteiger partial charge on any atom is 0.119 e. The lowest BCUT2D eigenvalue weighted by Gasteiger charge is -2.45. The number of allylic oxidation sites excluding steroid dienone is 13. The third-order valence-electron chi connectivity index (χ3n) is 26.6. The summed E-state index contributed by atoms with van der Waals surface area (Å²) in [6.07, 6.45) is 52.6. The second kappa shape index (κ2) is 34.7. The lowest BCUT2D eigenvalue weighted by Crippen LogP contribution is -2.36. The van der Waals surface area contributed by atoms with Gasteiger partial charge in [0.1, 0.15) is 5.60 Å². The number of aliphatic hydroxyl groups excluding tert-OH is 4. The zero-order valence-electron chi connectivity index (χ0n) is 64.7. The number of fused-ring (bicyclic) bond motifs is 3. The molecule has 9 nitrogen and oxygen atoms in total. The van der Waals surface area contributed by atoms with Crippen molar-refractivity contribution in [3.8, 4) is 11.8 Å². The molecule has 0 aromatic carbocycles. The van der Waals surface area contributed by atoms with Crippen LogP contribution in [0.25, 0.3) is 0 Å². The summed E-state index contributed by atoms with van der Waals surface area (Å²) in [6, 6.07) is 0. The first-order valence-electron chi connectivity index (χ1n) is 40.1. The van der Waals surface area contributed by atoms with Crippen molar-refractivity contribution >= 4 is 0 Å². The van der Waals surface area contributed by atoms with E-state index >= 15 is 0 Å². The van der Waals surface area contributed by atoms with Crippen LogP contribution in [0.2, 0.25) is 0 Å². The van der Waals surface area contributed by atoms with E-state index in [9.17, 15) is 35.7 Å². The van der Waals surface area contributed by atoms with Gasteiger partial charge in [0.25, 0.3) is 0 Å². The largest absolute Gasteiger partial charge is 0.396 e. The van der Waals surface area contributed by atoms with E-state index in [1.165, 1.54) is 138 Å². The van der Waals surface area contributed by atoms with E-state index in [-0.39, 0.29) is 30.3 Å². The SMILES string of the molecule is C=C1CC[C@H](O)C/C1=C/C=C1\CCC[C@]2(C)C(C3(CCCC(C)(C)O)CC3)=CC[C@@H]12.C=C1CC[C@H](O)C/C1=C/C=C1\CCC[C@]2(C)C([C@@H](CC#CC(C)(C)O)CCCC(C)(C)O)CC[C@@H]12.C=C1C[C@H](OCCCO)[C@H](O)C/C1=C/C=C1\CCC[C@]2(C)C(C(C)CCCC(C)(C)O)CC[C@@H]12. The molecule has 8 N–H and O–H groups in total. The molecule has 3 unspecified atom stereocenters. The van der Waals surface area contributed by atoms with Crippen LogP contribution in [0.3, 0.4) is 0 Å². The molecule has 0 bridgehead atoms. The van der Waals surface area contributed by atoms with Gasteiger partial charge < -0.3 is 45.6 Å². The molecule has 10 aliphatic carbocycles. The van der Waals surface area contributed by atoms with Gasteiger partial charge >= 0.3 is 0 Å². The van der Waals surface area contributed by atoms with Crippen LogP contribution in [0.4, 0.5) is 0 Å². The van der Waals surface area contributed by atoms with Crippen molar-refractivity contribution in [2.75, 3.05) is 13.2 Å². The van der Waals surface area contributed by atoms with Gasteiger partial charge in [-0.3, -0.25) is 0 Å². The minimum absolute atomic E-state index is 0.114. The number of ether oxygens (including phenoxy) is 1. The van der Waals surface area contributed by atoms with Gasteiger partial charge in [-0.25, -0.2) is 0 Å². The highest BCUT2D eigenvalue weighted by atomic mass is 16.5. The summed E-state index contributed by atoms with van der Waals surface area (Å²) >= 11 is 0. The normalized spacial score (nSPS) is 34.8. The van der Waals surface area contributed by atoms with Crippen molar-refractivity contribution in [3.05, 3.63) is 118 Å². The number of rotatable bonds is 23. The van der Waals surface area contributed by atoms with Crippen molar-refractivity contribution in [2.24, 2.45) is 63.1 Å². The summed E-state index contributed by atoms with van der Waals surface area (Å²) in [6.45, 7) is 38.4. The quantitative estimate of drug-likeness (QED) is 0.0282. The molecule has 0 aromatic rings. The fourth-order valence-electron chi connectivity index (χ4n) is 20.9. The first-order chi connectivity index (χ1) is 46.5. The van der Waals surface area contributed by atoms with Crippen LogP contribution in [0, 0.1) is 74.9 Å². The number of hydrogen-bond donors (Lipinski definition) is 8. The van der Waals surface area contributed by atoms with Crippen LogP contribution >= 0.6 is 0 Å². The van der Waals surface area contributed by atoms with Crippen molar-refractivity contribution in [1.29, 1.82) is 0 Å². The molecular formula is C90H142O9. The fraction of sp³-hybridized carbons (Fsp3) is 0.756. The molecule has 0 radical (unpaired) electrons. The first kappa shape index (κ1) is 81.3. The van der Waals surface area contributed by atoms with E-state index in [2.05, 4.69) is 102 Å². The molecular weight excluding hydrogens is 1220 g/mol. The molecule has 0 heterocycles. The average Bonchev–Trinajstić information content (AvgIpc) is 1.57. The van der Waals surface area contributed by atoms with Crippen LogP contribution in [-0.2, 0) is 4.74 Å². The summed E-state index contributed by atoms with van der Waals surface area (Å²) in [5.74, 6) is 10.9. The van der Waals surface area contributed by atoms with E-state index in [0.717, 1.165) is 107 Å². The fourth-order valence-corrected chi connectivity index (χ4v) is 20.9. The Kier molecular flexibility index (Phi) is 28.5. The van der Waals surface area contributed by atoms with E-state index in [4.69, 9.17) is 9.84 Å². The van der Waals surface area contributed by atoms with Crippen LogP contribution in [0.15, 0.2) is 118 Å². The van der Waals surface area contributed by atoms with Crippen LogP contribution in [0.1, 0.15) is 308 Å². The topological polar surface area (TPSA) is 171 Å². The monoisotopic (exact) mass is 1370 g/mol. The molecule has 10 rings (SSSR count). The predicted octanol–water partition coefficient (Wildman–Crippen LogP) is 19.8. The number of aliphatic hydroxyl groups is 8. The lowest BCUT2D eigenvalue weighted by molar-refractivity contribution is -0.0446. The average molecular weight is 1370 g/mol. The molecule has 14 atom stereocenters. The third-order valence-corrected chi connectivity index (χ3v) is 26.6. The molecule has 9 fully saturated rings. The Morgan fingerprint density at radius 3 is 1.56 bits per heavy atom. The summed E-state index contributed by atoms with van der Waals surface area (Å²) < 4.78 is 5.77. The van der Waals surface area contributed by atoms with Crippen molar-refractivity contribution in [1.82, 2.24) is 0 Å². The van der Waals surface area contributed by atoms with Crippen molar-refractivity contribution in [3.63, 3.8) is 0 Å². The van der Waals surface area contributed by atoms with Crippen molar-refractivity contribution in [2.45, 2.75) is 355 Å². The maximum absolute atomic E-state index is 10.6. The van der Waals surface area contributed by atoms with Crippen LogP contribution in [0.5, 0.6) is 0 Å². The van der Waals surface area contributed by atoms with Gasteiger partial charge in [-0.1, -0.05) is 155 Å². The molecule has 99 heavy (non-hydrogen) atoms. The van der Waals surface area contributed by atoms with E-state index < -0.39 is 28.5 Å². The Morgan fingerprint density at radius 1 is 0.556 bits per heavy atom. The zero-order valence-corrected chi connectivity index (χ0v) is 64.7.